The van der Waals surface area contributed by atoms with Crippen molar-refractivity contribution in [3.8, 4) is 0 Å². The second-order valence-corrected chi connectivity index (χ2v) is 4.73. The van der Waals surface area contributed by atoms with Gasteiger partial charge >= 0.3 is 6.18 Å². The number of benzene rings is 1. The number of nitrogens with zero attached hydrogens (tertiary/aromatic N) is 3. The number of alkyl halides is 3. The summed E-state index contributed by atoms with van der Waals surface area (Å²) < 4.78 is 43.2. The molecule has 2 aromatic rings. The van der Waals surface area contributed by atoms with E-state index in [4.69, 9.17) is 4.42 Å². The van der Waals surface area contributed by atoms with E-state index < -0.39 is 11.7 Å². The van der Waals surface area contributed by atoms with Crippen LogP contribution < -0.4 is 4.90 Å². The second kappa shape index (κ2) is 4.87. The highest BCUT2D eigenvalue weighted by Gasteiger charge is 2.36. The lowest BCUT2D eigenvalue weighted by Gasteiger charge is -2.17. The Morgan fingerprint density at radius 3 is 2.81 bits per heavy atom. The molecule has 21 heavy (non-hydrogen) atoms. The molecular formula is C13H10F3N3O2. The Kier molecular flexibility index (Phi) is 3.15. The van der Waals surface area contributed by atoms with E-state index in [-0.39, 0.29) is 30.5 Å². The van der Waals surface area contributed by atoms with Gasteiger partial charge in [-0.1, -0.05) is 6.07 Å². The Morgan fingerprint density at radius 2 is 2.14 bits per heavy atom. The zero-order chi connectivity index (χ0) is 15.0. The zero-order valence-electron chi connectivity index (χ0n) is 10.7. The fourth-order valence-electron chi connectivity index (χ4n) is 2.33. The molecule has 5 nitrogen and oxygen atoms in total. The molecule has 1 aromatic carbocycles. The van der Waals surface area contributed by atoms with Gasteiger partial charge in [0.1, 0.15) is 0 Å². The smallest absolute Gasteiger partial charge is 0.416 e. The van der Waals surface area contributed by atoms with Gasteiger partial charge in [0.25, 0.3) is 0 Å². The summed E-state index contributed by atoms with van der Waals surface area (Å²) >= 11 is 0. The standard InChI is InChI=1S/C13H10F3N3O2/c14-13(15,16)9-2-1-3-10(5-9)19-6-8(4-11(19)20)12-18-17-7-21-12/h1-3,5,7-8H,4,6H2. The van der Waals surface area contributed by atoms with Crippen molar-refractivity contribution in [1.82, 2.24) is 10.2 Å². The third-order valence-corrected chi connectivity index (χ3v) is 3.34. The second-order valence-electron chi connectivity index (χ2n) is 4.73. The first-order valence-corrected chi connectivity index (χ1v) is 6.19. The van der Waals surface area contributed by atoms with E-state index in [0.29, 0.717) is 5.89 Å². The van der Waals surface area contributed by atoms with Crippen LogP contribution in [0.2, 0.25) is 0 Å². The molecule has 1 amide bonds. The lowest BCUT2D eigenvalue weighted by Crippen LogP contribution is -2.24. The van der Waals surface area contributed by atoms with Gasteiger partial charge in [0.05, 0.1) is 11.5 Å². The van der Waals surface area contributed by atoms with E-state index in [0.717, 1.165) is 18.5 Å². The summed E-state index contributed by atoms with van der Waals surface area (Å²) in [5.41, 5.74) is -0.564. The number of rotatable bonds is 2. The quantitative estimate of drug-likeness (QED) is 0.855. The van der Waals surface area contributed by atoms with Crippen LogP contribution >= 0.6 is 0 Å². The topological polar surface area (TPSA) is 59.2 Å². The summed E-state index contributed by atoms with van der Waals surface area (Å²) in [6.07, 6.45) is -3.14. The molecule has 110 valence electrons. The molecule has 0 spiro atoms. The number of amides is 1. The monoisotopic (exact) mass is 297 g/mol. The van der Waals surface area contributed by atoms with E-state index in [1.54, 1.807) is 0 Å². The average Bonchev–Trinajstić information content (AvgIpc) is 3.07. The van der Waals surface area contributed by atoms with Gasteiger partial charge in [-0.2, -0.15) is 13.2 Å². The third-order valence-electron chi connectivity index (χ3n) is 3.34. The van der Waals surface area contributed by atoms with Crippen molar-refractivity contribution in [2.24, 2.45) is 0 Å². The molecule has 1 unspecified atom stereocenters. The van der Waals surface area contributed by atoms with Crippen molar-refractivity contribution >= 4 is 11.6 Å². The first-order valence-electron chi connectivity index (χ1n) is 6.19. The molecule has 0 saturated carbocycles. The van der Waals surface area contributed by atoms with E-state index in [1.165, 1.54) is 17.0 Å². The minimum absolute atomic E-state index is 0.137. The average molecular weight is 297 g/mol. The van der Waals surface area contributed by atoms with Crippen LogP contribution in [0.15, 0.2) is 35.1 Å². The number of hydrogen-bond acceptors (Lipinski definition) is 4. The van der Waals surface area contributed by atoms with Crippen LogP contribution in [0.1, 0.15) is 23.8 Å². The summed E-state index contributed by atoms with van der Waals surface area (Å²) in [6, 6.07) is 4.70. The maximum absolute atomic E-state index is 12.7. The Bertz CT molecular complexity index is 655. The van der Waals surface area contributed by atoms with Crippen LogP contribution in [-0.4, -0.2) is 22.6 Å². The predicted molar refractivity (Wildman–Crippen MR) is 65.5 cm³/mol. The highest BCUT2D eigenvalue weighted by Crippen LogP contribution is 2.35. The van der Waals surface area contributed by atoms with Gasteiger partial charge in [0, 0.05) is 18.7 Å². The highest BCUT2D eigenvalue weighted by atomic mass is 19.4. The van der Waals surface area contributed by atoms with Gasteiger partial charge in [-0.3, -0.25) is 4.79 Å². The Hall–Kier alpha value is -2.38. The number of carbonyl (C=O) groups is 1. The van der Waals surface area contributed by atoms with Gasteiger partial charge in [-0.05, 0) is 18.2 Å². The number of carbonyl (C=O) groups excluding carboxylic acids is 1. The molecule has 0 bridgehead atoms. The first kappa shape index (κ1) is 13.6. The van der Waals surface area contributed by atoms with Gasteiger partial charge in [-0.25, -0.2) is 0 Å². The molecular weight excluding hydrogens is 287 g/mol. The molecule has 2 heterocycles. The normalized spacial score (nSPS) is 19.3. The molecule has 0 N–H and O–H groups in total. The summed E-state index contributed by atoms with van der Waals surface area (Å²) in [6.45, 7) is 0.225. The van der Waals surface area contributed by atoms with E-state index >= 15 is 0 Å². The summed E-state index contributed by atoms with van der Waals surface area (Å²) in [5.74, 6) is -0.245. The van der Waals surface area contributed by atoms with Crippen LogP contribution in [0, 0.1) is 0 Å². The van der Waals surface area contributed by atoms with Gasteiger partial charge in [-0.15, -0.1) is 10.2 Å². The fourth-order valence-corrected chi connectivity index (χ4v) is 2.33. The van der Waals surface area contributed by atoms with Crippen molar-refractivity contribution in [2.45, 2.75) is 18.5 Å². The summed E-state index contributed by atoms with van der Waals surface area (Å²) in [4.78, 5) is 13.3. The van der Waals surface area contributed by atoms with Crippen LogP contribution in [0.3, 0.4) is 0 Å². The molecule has 8 heteroatoms. The molecule has 1 aromatic heterocycles. The molecule has 1 atom stereocenters. The maximum atomic E-state index is 12.7. The van der Waals surface area contributed by atoms with Crippen molar-refractivity contribution in [3.05, 3.63) is 42.1 Å². The molecule has 1 aliphatic heterocycles. The van der Waals surface area contributed by atoms with Crippen LogP contribution in [0.25, 0.3) is 0 Å². The lowest BCUT2D eigenvalue weighted by molar-refractivity contribution is -0.137. The fraction of sp³-hybridized carbons (Fsp3) is 0.308. The van der Waals surface area contributed by atoms with Crippen molar-refractivity contribution in [1.29, 1.82) is 0 Å². The minimum atomic E-state index is -4.44. The third kappa shape index (κ3) is 2.61. The molecule has 0 aliphatic carbocycles. The number of halogens is 3. The van der Waals surface area contributed by atoms with Crippen molar-refractivity contribution in [2.75, 3.05) is 11.4 Å². The predicted octanol–water partition coefficient (Wildman–Crippen LogP) is 2.61. The molecule has 3 rings (SSSR count). The lowest BCUT2D eigenvalue weighted by atomic mass is 10.1. The molecule has 1 fully saturated rings. The summed E-state index contributed by atoms with van der Waals surface area (Å²) in [7, 11) is 0. The first-order chi connectivity index (χ1) is 9.95. The largest absolute Gasteiger partial charge is 0.428 e. The molecule has 1 saturated heterocycles. The Labute approximate surface area is 117 Å². The van der Waals surface area contributed by atoms with E-state index in [2.05, 4.69) is 10.2 Å². The Morgan fingerprint density at radius 1 is 1.33 bits per heavy atom. The van der Waals surface area contributed by atoms with Crippen LogP contribution in [0.5, 0.6) is 0 Å². The maximum Gasteiger partial charge on any atom is 0.416 e. The van der Waals surface area contributed by atoms with Crippen molar-refractivity contribution < 1.29 is 22.4 Å². The van der Waals surface area contributed by atoms with E-state index in [9.17, 15) is 18.0 Å². The van der Waals surface area contributed by atoms with Crippen LogP contribution in [0.4, 0.5) is 18.9 Å². The van der Waals surface area contributed by atoms with Crippen molar-refractivity contribution in [3.63, 3.8) is 0 Å². The molecule has 0 radical (unpaired) electrons. The Balaban J connectivity index is 1.86. The van der Waals surface area contributed by atoms with E-state index in [1.807, 2.05) is 0 Å². The zero-order valence-corrected chi connectivity index (χ0v) is 10.7. The van der Waals surface area contributed by atoms with Gasteiger partial charge < -0.3 is 9.32 Å². The molecule has 1 aliphatic rings. The summed E-state index contributed by atoms with van der Waals surface area (Å²) in [5, 5.41) is 7.28. The minimum Gasteiger partial charge on any atom is -0.428 e. The number of hydrogen-bond donors (Lipinski definition) is 0. The van der Waals surface area contributed by atoms with Gasteiger partial charge in [0.2, 0.25) is 18.2 Å². The number of aromatic nitrogens is 2. The van der Waals surface area contributed by atoms with Gasteiger partial charge in [0.15, 0.2) is 0 Å². The highest BCUT2D eigenvalue weighted by molar-refractivity contribution is 5.96. The SMILES string of the molecule is O=C1CC(c2nnco2)CN1c1cccc(C(F)(F)F)c1. The number of anilines is 1. The van der Waals surface area contributed by atoms with Crippen LogP contribution in [-0.2, 0) is 11.0 Å².